The smallest absolute Gasteiger partial charge is 0.238 e. The van der Waals surface area contributed by atoms with E-state index in [1.54, 1.807) is 45.4 Å². The lowest BCUT2D eigenvalue weighted by molar-refractivity contribution is -0.141. The van der Waals surface area contributed by atoms with Gasteiger partial charge in [0, 0.05) is 16.7 Å². The maximum absolute atomic E-state index is 15.2. The van der Waals surface area contributed by atoms with Crippen molar-refractivity contribution in [2.75, 3.05) is 0 Å². The topological polar surface area (TPSA) is 84.5 Å². The van der Waals surface area contributed by atoms with Gasteiger partial charge >= 0.3 is 12.4 Å². The highest BCUT2D eigenvalue weighted by Gasteiger charge is 2.55. The van der Waals surface area contributed by atoms with E-state index in [-0.39, 0.29) is 10.4 Å². The van der Waals surface area contributed by atoms with Crippen molar-refractivity contribution >= 4 is 38.6 Å². The molecular weight excluding hydrogens is 591 g/mol. The molecule has 0 unspecified atom stereocenters. The number of hydrogen-bond donors (Lipinski definition) is 0. The minimum Gasteiger partial charge on any atom is -0.238 e. The first-order valence-electron chi connectivity index (χ1n) is 11.9. The molecule has 1 aromatic carbocycles. The van der Waals surface area contributed by atoms with E-state index in [1.807, 2.05) is 0 Å². The third-order valence-electron chi connectivity index (χ3n) is 6.67. The van der Waals surface area contributed by atoms with Gasteiger partial charge in [-0.25, -0.2) is 25.1 Å². The summed E-state index contributed by atoms with van der Waals surface area (Å²) in [5.74, 6) is 0. The summed E-state index contributed by atoms with van der Waals surface area (Å²) < 4.78 is 91.4. The van der Waals surface area contributed by atoms with E-state index in [0.29, 0.717) is 0 Å². The van der Waals surface area contributed by atoms with Gasteiger partial charge in [-0.05, 0) is 21.9 Å². The number of hydrogen-bond acceptors (Lipinski definition) is 3. The van der Waals surface area contributed by atoms with Crippen LogP contribution in [-0.4, -0.2) is 16.1 Å². The Morgan fingerprint density at radius 2 is 1.02 bits per heavy atom. The van der Waals surface area contributed by atoms with Crippen LogP contribution in [-0.2, 0) is 12.4 Å². The van der Waals surface area contributed by atoms with Gasteiger partial charge in [-0.2, -0.15) is 31.6 Å². The van der Waals surface area contributed by atoms with Gasteiger partial charge in [0.1, 0.15) is 0 Å². The molecule has 0 saturated carbocycles. The summed E-state index contributed by atoms with van der Waals surface area (Å²) in [5.41, 5.74) is -12.9. The number of fused-ring (bicyclic) bond motifs is 2. The first-order chi connectivity index (χ1) is 19.2. The zero-order valence-corrected chi connectivity index (χ0v) is 25.0. The van der Waals surface area contributed by atoms with Gasteiger partial charge in [-0.3, -0.25) is 0 Å². The van der Waals surface area contributed by atoms with Crippen molar-refractivity contribution < 1.29 is 26.3 Å². The van der Waals surface area contributed by atoms with Crippen LogP contribution in [0.3, 0.4) is 0 Å². The fraction of sp³-hybridized carbons (Fsp3) is 0.286. The molecule has 210 valence electrons. The quantitative estimate of drug-likeness (QED) is 0.146. The zero-order chi connectivity index (χ0) is 32.3. The highest BCUT2D eigenvalue weighted by atomic mass is 28.3. The Bertz CT molecular complexity index is 1700. The number of nitriles is 3. The number of benzene rings is 1. The molecule has 0 fully saturated rings. The summed E-state index contributed by atoms with van der Waals surface area (Å²) in [5, 5.41) is 29.2. The molecule has 0 saturated heterocycles. The molecular formula is C28H18F6N6Si2. The van der Waals surface area contributed by atoms with E-state index in [0.717, 1.165) is 0 Å². The lowest BCUT2D eigenvalue weighted by Gasteiger charge is -2.26. The normalized spacial score (nSPS) is 17.3. The molecule has 2 aliphatic rings. The van der Waals surface area contributed by atoms with E-state index in [1.165, 1.54) is 12.1 Å². The van der Waals surface area contributed by atoms with Gasteiger partial charge in [0.05, 0.1) is 70.8 Å². The monoisotopic (exact) mass is 608 g/mol. The van der Waals surface area contributed by atoms with Crippen LogP contribution < -0.4 is 0 Å². The molecule has 0 N–H and O–H groups in total. The molecule has 42 heavy (non-hydrogen) atoms. The molecule has 0 amide bonds. The van der Waals surface area contributed by atoms with Crippen molar-refractivity contribution in [1.29, 1.82) is 15.8 Å². The Morgan fingerprint density at radius 3 is 1.33 bits per heavy atom. The van der Waals surface area contributed by atoms with Crippen LogP contribution in [0.15, 0.2) is 21.8 Å². The third-order valence-corrected chi connectivity index (χ3v) is 10.7. The summed E-state index contributed by atoms with van der Waals surface area (Å²) in [6.45, 7) is 32.1. The Labute approximate surface area is 239 Å². The molecule has 0 spiro atoms. The predicted octanol–water partition coefficient (Wildman–Crippen LogP) is 8.72. The molecule has 0 atom stereocenters. The van der Waals surface area contributed by atoms with Gasteiger partial charge in [0.2, 0.25) is 0 Å². The van der Waals surface area contributed by atoms with Crippen molar-refractivity contribution in [3.05, 3.63) is 89.4 Å². The molecule has 2 aliphatic carbocycles. The minimum atomic E-state index is -5.46. The third kappa shape index (κ3) is 4.52. The van der Waals surface area contributed by atoms with E-state index in [2.05, 4.69) is 14.5 Å². The largest absolute Gasteiger partial charge is 0.417 e. The van der Waals surface area contributed by atoms with Crippen LogP contribution in [0.5, 0.6) is 0 Å². The summed E-state index contributed by atoms with van der Waals surface area (Å²) in [7, 11) is -6.17. The molecule has 0 bridgehead atoms. The van der Waals surface area contributed by atoms with Gasteiger partial charge in [0.25, 0.3) is 11.4 Å². The van der Waals surface area contributed by atoms with E-state index in [9.17, 15) is 15.8 Å². The lowest BCUT2D eigenvalue weighted by Crippen LogP contribution is -2.25. The summed E-state index contributed by atoms with van der Waals surface area (Å²) in [4.78, 5) is 9.32. The van der Waals surface area contributed by atoms with Crippen LogP contribution in [0.25, 0.3) is 37.0 Å². The van der Waals surface area contributed by atoms with Crippen molar-refractivity contribution in [3.63, 3.8) is 0 Å². The fourth-order valence-electron chi connectivity index (χ4n) is 5.50. The molecule has 0 aromatic heterocycles. The SMILES string of the molecule is [C-]#[N+]C1=C([Si](C)(C)C)/C(=C(/C#N)[N+]#[C-])c2c1c(C(F)(F)F)c1c(c2C(F)(F)F)C(C#N)=C([Si](C)(C)C)/C1=C(\C#N)[N+]#[C-]. The van der Waals surface area contributed by atoms with Crippen molar-refractivity contribution in [2.45, 2.75) is 51.6 Å². The average Bonchev–Trinajstić information content (AvgIpc) is 3.36. The standard InChI is InChI=1S/C28H18F6N6Si2/c1-38-14(11-36)17-19-16(13(10-35)25(17)41(4,5)6)22(27(29,30)31)20-18(15(12-37)39-2)26(42(7,8)9)24(40-3)21(20)23(19)28(32,33)34/h4-9H3/b17-14+,18-15-. The molecule has 0 radical (unpaired) electrons. The molecule has 3 rings (SSSR count). The van der Waals surface area contributed by atoms with Crippen LogP contribution >= 0.6 is 0 Å². The van der Waals surface area contributed by atoms with Gasteiger partial charge in [0.15, 0.2) is 5.70 Å². The summed E-state index contributed by atoms with van der Waals surface area (Å²) in [6.07, 6.45) is -10.9. The highest BCUT2D eigenvalue weighted by Crippen LogP contribution is 2.62. The van der Waals surface area contributed by atoms with Crippen LogP contribution in [0.2, 0.25) is 39.3 Å². The number of rotatable bonds is 2. The van der Waals surface area contributed by atoms with E-state index >= 15 is 26.3 Å². The van der Waals surface area contributed by atoms with Crippen molar-refractivity contribution in [1.82, 2.24) is 0 Å². The zero-order valence-electron chi connectivity index (χ0n) is 23.0. The Kier molecular flexibility index (Phi) is 7.46. The van der Waals surface area contributed by atoms with Gasteiger partial charge in [-0.1, -0.05) is 44.5 Å². The van der Waals surface area contributed by atoms with Crippen molar-refractivity contribution in [3.8, 4) is 18.2 Å². The minimum absolute atomic E-state index is 0.233. The van der Waals surface area contributed by atoms with Gasteiger partial charge in [-0.15, -0.1) is 0 Å². The number of allylic oxidation sites excluding steroid dienone is 7. The Hall–Kier alpha value is -4.87. The summed E-state index contributed by atoms with van der Waals surface area (Å²) in [6, 6.07) is 4.60. The lowest BCUT2D eigenvalue weighted by atomic mass is 9.83. The molecule has 0 heterocycles. The fourth-order valence-corrected chi connectivity index (χ4v) is 9.31. The van der Waals surface area contributed by atoms with Crippen LogP contribution in [0.4, 0.5) is 26.3 Å². The number of halogens is 6. The number of nitrogens with zero attached hydrogens (tertiary/aromatic N) is 6. The molecule has 0 aliphatic heterocycles. The Balaban J connectivity index is 3.08. The van der Waals surface area contributed by atoms with Crippen molar-refractivity contribution in [2.24, 2.45) is 0 Å². The molecule has 1 aromatic rings. The van der Waals surface area contributed by atoms with E-state index < -0.39 is 95.7 Å². The molecule has 6 nitrogen and oxygen atoms in total. The van der Waals surface area contributed by atoms with Crippen LogP contribution in [0.1, 0.15) is 33.4 Å². The maximum Gasteiger partial charge on any atom is 0.417 e. The van der Waals surface area contributed by atoms with Crippen LogP contribution in [0, 0.1) is 53.7 Å². The second-order valence-corrected chi connectivity index (χ2v) is 21.3. The first kappa shape index (κ1) is 31.7. The van der Waals surface area contributed by atoms with E-state index in [4.69, 9.17) is 19.7 Å². The second-order valence-electron chi connectivity index (χ2n) is 11.3. The number of alkyl halides is 6. The summed E-state index contributed by atoms with van der Waals surface area (Å²) >= 11 is 0. The Morgan fingerprint density at radius 1 is 0.643 bits per heavy atom. The predicted molar refractivity (Wildman–Crippen MR) is 147 cm³/mol. The maximum atomic E-state index is 15.2. The first-order valence-corrected chi connectivity index (χ1v) is 18.9. The van der Waals surface area contributed by atoms with Gasteiger partial charge < -0.3 is 0 Å². The highest BCUT2D eigenvalue weighted by molar-refractivity contribution is 6.87. The molecule has 14 heteroatoms. The average molecular weight is 609 g/mol. The second kappa shape index (κ2) is 9.90.